The summed E-state index contributed by atoms with van der Waals surface area (Å²) in [4.78, 5) is 0. The minimum Gasteiger partial charge on any atom is -0.379 e. The third-order valence-electron chi connectivity index (χ3n) is 6.44. The minimum atomic E-state index is -4.64. The third-order valence-corrected chi connectivity index (χ3v) is 10.1. The van der Waals surface area contributed by atoms with Gasteiger partial charge in [-0.15, -0.1) is 4.13 Å². The van der Waals surface area contributed by atoms with Gasteiger partial charge in [0.2, 0.25) is 20.0 Å². The van der Waals surface area contributed by atoms with Gasteiger partial charge >= 0.3 is 6.18 Å². The minimum absolute atomic E-state index is 0.0910. The summed E-state index contributed by atoms with van der Waals surface area (Å²) in [7, 11) is -7.06. The highest BCUT2D eigenvalue weighted by molar-refractivity contribution is 8.05. The maximum Gasteiger partial charge on any atom is 0.419 e. The Morgan fingerprint density at radius 1 is 1.03 bits per heavy atom. The van der Waals surface area contributed by atoms with Crippen LogP contribution in [-0.2, 0) is 24.8 Å². The molecule has 0 aromatic heterocycles. The Bertz CT molecular complexity index is 747. The summed E-state index contributed by atoms with van der Waals surface area (Å²) < 4.78 is 86.5. The fourth-order valence-corrected chi connectivity index (χ4v) is 7.94. The monoisotopic (exact) mass is 465 g/mol. The van der Waals surface area contributed by atoms with Gasteiger partial charge in [-0.3, -0.25) is 0 Å². The first-order chi connectivity index (χ1) is 13.0. The van der Waals surface area contributed by atoms with Crippen LogP contribution in [0.15, 0.2) is 0 Å². The fourth-order valence-electron chi connectivity index (χ4n) is 4.49. The number of hydrogen-bond acceptors (Lipinski definition) is 6. The van der Waals surface area contributed by atoms with Gasteiger partial charge in [-0.25, -0.2) is 16.8 Å². The van der Waals surface area contributed by atoms with Gasteiger partial charge < -0.3 is 9.84 Å². The second kappa shape index (κ2) is 8.60. The molecule has 29 heavy (non-hydrogen) atoms. The van der Waals surface area contributed by atoms with Gasteiger partial charge in [0.25, 0.3) is 0 Å². The van der Waals surface area contributed by atoms with Crippen molar-refractivity contribution in [1.82, 2.24) is 4.13 Å². The van der Waals surface area contributed by atoms with Crippen molar-refractivity contribution in [2.24, 2.45) is 29.6 Å². The van der Waals surface area contributed by atoms with Crippen LogP contribution < -0.4 is 4.13 Å². The summed E-state index contributed by atoms with van der Waals surface area (Å²) >= 11 is 0. The van der Waals surface area contributed by atoms with Crippen LogP contribution in [0.2, 0.25) is 0 Å². The molecule has 2 bridgehead atoms. The largest absolute Gasteiger partial charge is 0.419 e. The average molecular weight is 466 g/mol. The van der Waals surface area contributed by atoms with Crippen molar-refractivity contribution in [3.8, 4) is 0 Å². The number of sulfonamides is 2. The van der Waals surface area contributed by atoms with Gasteiger partial charge in [0, 0.05) is 6.61 Å². The number of alkyl halides is 3. The zero-order valence-electron chi connectivity index (χ0n) is 16.8. The topological polar surface area (TPSA) is 110 Å². The molecule has 3 aliphatic rings. The summed E-state index contributed by atoms with van der Waals surface area (Å²) in [6, 6.07) is 0. The molecule has 0 aromatic rings. The lowest BCUT2D eigenvalue weighted by atomic mass is 9.76. The molecule has 1 heterocycles. The van der Waals surface area contributed by atoms with Crippen LogP contribution in [-0.4, -0.2) is 58.4 Å². The standard InChI is InChI=1S/C14H23F3O2.C3H7NO4S2/c1-8-9(2)12-5-10(8)4-11(12)6-19-7-13(3,18)14(15,16)17;5-9(6)2-1-3-10(7,8)4-9/h8-12,18H,4-7H2,1-3H3;4H,1-3H2. The summed E-state index contributed by atoms with van der Waals surface area (Å²) in [5, 5.41) is 9.30. The highest BCUT2D eigenvalue weighted by atomic mass is 32.3. The molecule has 1 saturated heterocycles. The van der Waals surface area contributed by atoms with Crippen molar-refractivity contribution < 1.29 is 39.9 Å². The van der Waals surface area contributed by atoms with Gasteiger partial charge in [0.15, 0.2) is 5.60 Å². The Hall–Kier alpha value is -0.430. The smallest absolute Gasteiger partial charge is 0.379 e. The van der Waals surface area contributed by atoms with E-state index in [0.717, 1.165) is 19.3 Å². The molecule has 0 radical (unpaired) electrons. The third kappa shape index (κ3) is 6.28. The van der Waals surface area contributed by atoms with Crippen LogP contribution in [0.1, 0.15) is 40.0 Å². The fraction of sp³-hybridized carbons (Fsp3) is 1.00. The van der Waals surface area contributed by atoms with E-state index in [2.05, 4.69) is 13.8 Å². The molecule has 2 aliphatic carbocycles. The van der Waals surface area contributed by atoms with Crippen molar-refractivity contribution in [3.63, 3.8) is 0 Å². The summed E-state index contributed by atoms with van der Waals surface area (Å²) in [6.45, 7) is 4.92. The summed E-state index contributed by atoms with van der Waals surface area (Å²) in [6.07, 6.45) is -2.20. The number of aliphatic hydroxyl groups is 1. The van der Waals surface area contributed by atoms with Crippen LogP contribution in [0.25, 0.3) is 0 Å². The molecule has 172 valence electrons. The molecule has 3 fully saturated rings. The lowest BCUT2D eigenvalue weighted by molar-refractivity contribution is -0.268. The van der Waals surface area contributed by atoms with E-state index in [1.54, 1.807) is 4.13 Å². The van der Waals surface area contributed by atoms with E-state index in [9.17, 15) is 35.1 Å². The van der Waals surface area contributed by atoms with Crippen molar-refractivity contribution in [3.05, 3.63) is 0 Å². The molecular weight excluding hydrogens is 435 g/mol. The first kappa shape index (κ1) is 24.8. The van der Waals surface area contributed by atoms with E-state index in [4.69, 9.17) is 4.74 Å². The molecule has 1 aliphatic heterocycles. The van der Waals surface area contributed by atoms with Crippen molar-refractivity contribution in [1.29, 1.82) is 0 Å². The van der Waals surface area contributed by atoms with E-state index in [0.29, 0.717) is 30.3 Å². The number of hydrogen-bond donors (Lipinski definition) is 2. The molecule has 0 amide bonds. The maximum absolute atomic E-state index is 12.5. The van der Waals surface area contributed by atoms with E-state index in [-0.39, 0.29) is 17.9 Å². The highest BCUT2D eigenvalue weighted by Crippen LogP contribution is 2.54. The number of halogens is 3. The first-order valence-electron chi connectivity index (χ1n) is 9.65. The maximum atomic E-state index is 12.5. The van der Waals surface area contributed by atoms with Crippen LogP contribution in [0.4, 0.5) is 13.2 Å². The summed E-state index contributed by atoms with van der Waals surface area (Å²) in [5.41, 5.74) is -2.75. The Kier molecular flexibility index (Phi) is 7.37. The van der Waals surface area contributed by atoms with Gasteiger partial charge in [-0.1, -0.05) is 13.8 Å². The molecule has 6 atom stereocenters. The summed E-state index contributed by atoms with van der Waals surface area (Å²) in [5.74, 6) is 2.82. The Labute approximate surface area is 170 Å². The van der Waals surface area contributed by atoms with E-state index >= 15 is 0 Å². The average Bonchev–Trinajstić information content (AvgIpc) is 3.04. The second-order valence-electron chi connectivity index (χ2n) is 8.74. The van der Waals surface area contributed by atoms with Crippen LogP contribution in [0, 0.1) is 29.6 Å². The van der Waals surface area contributed by atoms with Crippen molar-refractivity contribution in [2.75, 3.05) is 24.7 Å². The molecule has 0 aromatic carbocycles. The Morgan fingerprint density at radius 3 is 1.97 bits per heavy atom. The van der Waals surface area contributed by atoms with Gasteiger partial charge in [-0.05, 0) is 55.8 Å². The number of ether oxygens (including phenoxy) is 1. The second-order valence-corrected chi connectivity index (χ2v) is 12.7. The van der Waals surface area contributed by atoms with E-state index in [1.807, 2.05) is 0 Å². The van der Waals surface area contributed by atoms with Gasteiger partial charge in [0.05, 0.1) is 18.1 Å². The highest BCUT2D eigenvalue weighted by Gasteiger charge is 2.51. The van der Waals surface area contributed by atoms with Crippen LogP contribution in [0.3, 0.4) is 0 Å². The van der Waals surface area contributed by atoms with Crippen molar-refractivity contribution in [2.45, 2.75) is 51.8 Å². The molecular formula is C17H30F3NO6S2. The number of fused-ring (bicyclic) bond motifs is 2. The Morgan fingerprint density at radius 2 is 1.59 bits per heavy atom. The van der Waals surface area contributed by atoms with Gasteiger partial charge in [-0.2, -0.15) is 13.2 Å². The quantitative estimate of drug-likeness (QED) is 0.656. The Balaban J connectivity index is 0.000000253. The normalized spacial score (nSPS) is 37.4. The number of rotatable bonds is 4. The van der Waals surface area contributed by atoms with Crippen LogP contribution >= 0.6 is 0 Å². The molecule has 2 saturated carbocycles. The van der Waals surface area contributed by atoms with Gasteiger partial charge in [0.1, 0.15) is 0 Å². The molecule has 12 heteroatoms. The lowest BCUT2D eigenvalue weighted by Crippen LogP contribution is -2.46. The molecule has 7 nitrogen and oxygen atoms in total. The van der Waals surface area contributed by atoms with Crippen LogP contribution in [0.5, 0.6) is 0 Å². The number of nitrogens with one attached hydrogen (secondary N) is 1. The molecule has 2 N–H and O–H groups in total. The van der Waals surface area contributed by atoms with Crippen molar-refractivity contribution >= 4 is 20.0 Å². The predicted molar refractivity (Wildman–Crippen MR) is 101 cm³/mol. The molecule has 0 spiro atoms. The SMILES string of the molecule is CC1C2CC(COCC(C)(O)C(F)(F)F)C(C2)C1C.O=S1(=O)CCCS(=O)(=O)N1. The van der Waals surface area contributed by atoms with E-state index in [1.165, 1.54) is 6.42 Å². The zero-order chi connectivity index (χ0) is 22.3. The molecule has 6 unspecified atom stereocenters. The first-order valence-corrected chi connectivity index (χ1v) is 13.0. The zero-order valence-corrected chi connectivity index (χ0v) is 18.4. The molecule has 3 rings (SSSR count). The van der Waals surface area contributed by atoms with E-state index < -0.39 is 38.4 Å². The lowest BCUT2D eigenvalue weighted by Gasteiger charge is -2.32. The predicted octanol–water partition coefficient (Wildman–Crippen LogP) is 1.88.